The van der Waals surface area contributed by atoms with Crippen molar-refractivity contribution in [2.45, 2.75) is 18.4 Å². The molecule has 0 bridgehead atoms. The predicted octanol–water partition coefficient (Wildman–Crippen LogP) is 4.31. The van der Waals surface area contributed by atoms with Crippen LogP contribution in [0.25, 0.3) is 0 Å². The van der Waals surface area contributed by atoms with Gasteiger partial charge in [-0.1, -0.05) is 29.8 Å². The molecule has 0 unspecified atom stereocenters. The highest BCUT2D eigenvalue weighted by atomic mass is 32.2. The number of nitrogens with zero attached hydrogens (tertiary/aromatic N) is 1. The highest BCUT2D eigenvalue weighted by molar-refractivity contribution is 7.97. The number of nitriles is 1. The molecule has 0 aromatic heterocycles. The lowest BCUT2D eigenvalue weighted by molar-refractivity contribution is 0.411. The number of thioether (sulfide) groups is 1. The van der Waals surface area contributed by atoms with Crippen molar-refractivity contribution in [3.63, 3.8) is 0 Å². The summed E-state index contributed by atoms with van der Waals surface area (Å²) in [7, 11) is 1.66. The average molecular weight is 283 g/mol. The second-order valence-corrected chi connectivity index (χ2v) is 5.61. The molecule has 2 nitrogen and oxygen atoms in total. The molecule has 0 fully saturated rings. The molecule has 0 radical (unpaired) electrons. The van der Waals surface area contributed by atoms with Crippen molar-refractivity contribution in [3.8, 4) is 11.8 Å². The van der Waals surface area contributed by atoms with Crippen LogP contribution in [0.2, 0.25) is 0 Å². The van der Waals surface area contributed by atoms with Gasteiger partial charge < -0.3 is 4.74 Å². The van der Waals surface area contributed by atoms with E-state index in [1.807, 2.05) is 23.9 Å². The number of hydrogen-bond donors (Lipinski definition) is 0. The Morgan fingerprint density at radius 3 is 2.70 bits per heavy atom. The smallest absolute Gasteiger partial charge is 0.122 e. The first kappa shape index (κ1) is 14.5. The van der Waals surface area contributed by atoms with Gasteiger partial charge >= 0.3 is 0 Å². The van der Waals surface area contributed by atoms with Gasteiger partial charge in [-0.3, -0.25) is 0 Å². The van der Waals surface area contributed by atoms with Crippen molar-refractivity contribution >= 4 is 11.8 Å². The van der Waals surface area contributed by atoms with Crippen molar-refractivity contribution in [2.24, 2.45) is 0 Å². The zero-order valence-corrected chi connectivity index (χ0v) is 12.5. The minimum Gasteiger partial charge on any atom is -0.496 e. The third-order valence-corrected chi connectivity index (χ3v) is 4.07. The Balaban J connectivity index is 2.02. The maximum Gasteiger partial charge on any atom is 0.122 e. The lowest BCUT2D eigenvalue weighted by atomic mass is 10.1. The van der Waals surface area contributed by atoms with E-state index in [2.05, 4.69) is 37.3 Å². The normalized spacial score (nSPS) is 10.1. The lowest BCUT2D eigenvalue weighted by Gasteiger charge is -2.09. The first-order chi connectivity index (χ1) is 9.72. The molecule has 0 aliphatic heterocycles. The summed E-state index contributed by atoms with van der Waals surface area (Å²) in [5.41, 5.74) is 4.36. The summed E-state index contributed by atoms with van der Waals surface area (Å²) in [4.78, 5) is 0. The number of benzene rings is 2. The predicted molar refractivity (Wildman–Crippen MR) is 83.9 cm³/mol. The molecule has 3 heteroatoms. The Morgan fingerprint density at radius 1 is 1.15 bits per heavy atom. The summed E-state index contributed by atoms with van der Waals surface area (Å²) >= 11 is 1.83. The number of methoxy groups -OCH3 is 1. The van der Waals surface area contributed by atoms with Crippen LogP contribution in [0.3, 0.4) is 0 Å². The first-order valence-electron chi connectivity index (χ1n) is 6.43. The molecule has 0 N–H and O–H groups in total. The van der Waals surface area contributed by atoms with Gasteiger partial charge in [0.15, 0.2) is 0 Å². The van der Waals surface area contributed by atoms with Gasteiger partial charge in [-0.05, 0) is 30.7 Å². The van der Waals surface area contributed by atoms with E-state index in [4.69, 9.17) is 10.00 Å². The SMILES string of the molecule is COc1ccc(C#N)cc1CSCc1cccc(C)c1. The van der Waals surface area contributed by atoms with E-state index in [-0.39, 0.29) is 0 Å². The van der Waals surface area contributed by atoms with E-state index in [0.717, 1.165) is 22.8 Å². The molecule has 0 saturated heterocycles. The molecule has 0 heterocycles. The molecule has 0 atom stereocenters. The van der Waals surface area contributed by atoms with Crippen molar-refractivity contribution in [3.05, 3.63) is 64.7 Å². The van der Waals surface area contributed by atoms with Crippen LogP contribution in [-0.4, -0.2) is 7.11 Å². The molecular formula is C17H17NOS. The number of ether oxygens (including phenoxy) is 1. The fraction of sp³-hybridized carbons (Fsp3) is 0.235. The van der Waals surface area contributed by atoms with Crippen molar-refractivity contribution < 1.29 is 4.74 Å². The topological polar surface area (TPSA) is 33.0 Å². The van der Waals surface area contributed by atoms with E-state index >= 15 is 0 Å². The number of aryl methyl sites for hydroxylation is 1. The zero-order chi connectivity index (χ0) is 14.4. The quantitative estimate of drug-likeness (QED) is 0.819. The summed E-state index contributed by atoms with van der Waals surface area (Å²) in [6.07, 6.45) is 0. The molecule has 20 heavy (non-hydrogen) atoms. The van der Waals surface area contributed by atoms with Crippen LogP contribution >= 0.6 is 11.8 Å². The van der Waals surface area contributed by atoms with Crippen molar-refractivity contribution in [1.82, 2.24) is 0 Å². The van der Waals surface area contributed by atoms with Gasteiger partial charge in [-0.25, -0.2) is 0 Å². The van der Waals surface area contributed by atoms with E-state index < -0.39 is 0 Å². The van der Waals surface area contributed by atoms with Crippen LogP contribution in [-0.2, 0) is 11.5 Å². The Morgan fingerprint density at radius 2 is 2.00 bits per heavy atom. The van der Waals surface area contributed by atoms with Gasteiger partial charge in [0, 0.05) is 17.1 Å². The Kier molecular flexibility index (Phi) is 5.09. The first-order valence-corrected chi connectivity index (χ1v) is 7.58. The van der Waals surface area contributed by atoms with Gasteiger partial charge in [0.05, 0.1) is 18.7 Å². The second kappa shape index (κ2) is 7.02. The van der Waals surface area contributed by atoms with E-state index in [0.29, 0.717) is 5.56 Å². The van der Waals surface area contributed by atoms with Gasteiger partial charge in [0.2, 0.25) is 0 Å². The van der Waals surface area contributed by atoms with Gasteiger partial charge in [-0.15, -0.1) is 0 Å². The molecule has 0 amide bonds. The number of rotatable bonds is 5. The van der Waals surface area contributed by atoms with Crippen LogP contribution in [0.15, 0.2) is 42.5 Å². The molecule has 0 aliphatic carbocycles. The average Bonchev–Trinajstić information content (AvgIpc) is 2.47. The Hall–Kier alpha value is -1.92. The van der Waals surface area contributed by atoms with Gasteiger partial charge in [0.25, 0.3) is 0 Å². The largest absolute Gasteiger partial charge is 0.496 e. The summed E-state index contributed by atoms with van der Waals surface area (Å²) < 4.78 is 5.34. The van der Waals surface area contributed by atoms with Gasteiger partial charge in [-0.2, -0.15) is 17.0 Å². The number of hydrogen-bond acceptors (Lipinski definition) is 3. The summed E-state index contributed by atoms with van der Waals surface area (Å²) in [5, 5.41) is 8.96. The van der Waals surface area contributed by atoms with Gasteiger partial charge in [0.1, 0.15) is 5.75 Å². The molecule has 2 aromatic rings. The Bertz CT molecular complexity index is 631. The highest BCUT2D eigenvalue weighted by Crippen LogP contribution is 2.26. The maximum absolute atomic E-state index is 8.96. The molecule has 102 valence electrons. The summed E-state index contributed by atoms with van der Waals surface area (Å²) in [6, 6.07) is 16.3. The lowest BCUT2D eigenvalue weighted by Crippen LogP contribution is -1.92. The molecular weight excluding hydrogens is 266 g/mol. The summed E-state index contributed by atoms with van der Waals surface area (Å²) in [5.74, 6) is 2.65. The molecule has 2 rings (SSSR count). The van der Waals surface area contributed by atoms with E-state index in [1.165, 1.54) is 11.1 Å². The molecule has 0 aliphatic rings. The van der Waals surface area contributed by atoms with E-state index in [9.17, 15) is 0 Å². The highest BCUT2D eigenvalue weighted by Gasteiger charge is 2.05. The Labute approximate surface area is 124 Å². The summed E-state index contributed by atoms with van der Waals surface area (Å²) in [6.45, 7) is 2.10. The monoisotopic (exact) mass is 283 g/mol. The fourth-order valence-corrected chi connectivity index (χ4v) is 3.00. The van der Waals surface area contributed by atoms with Crippen LogP contribution in [0.5, 0.6) is 5.75 Å². The maximum atomic E-state index is 8.96. The second-order valence-electron chi connectivity index (χ2n) is 4.62. The minimum atomic E-state index is 0.678. The third kappa shape index (κ3) is 3.79. The molecule has 0 spiro atoms. The van der Waals surface area contributed by atoms with Crippen LogP contribution in [0, 0.1) is 18.3 Å². The third-order valence-electron chi connectivity index (χ3n) is 3.02. The minimum absolute atomic E-state index is 0.678. The fourth-order valence-electron chi connectivity index (χ4n) is 2.04. The van der Waals surface area contributed by atoms with Crippen molar-refractivity contribution in [1.29, 1.82) is 5.26 Å². The molecule has 0 saturated carbocycles. The molecule has 2 aromatic carbocycles. The van der Waals surface area contributed by atoms with Crippen molar-refractivity contribution in [2.75, 3.05) is 7.11 Å². The standard InChI is InChI=1S/C17H17NOS/c1-13-4-3-5-15(8-13)11-20-12-16-9-14(10-18)6-7-17(16)19-2/h3-9H,11-12H2,1-2H3. The van der Waals surface area contributed by atoms with Crippen LogP contribution in [0.1, 0.15) is 22.3 Å². The van der Waals surface area contributed by atoms with Crippen LogP contribution in [0.4, 0.5) is 0 Å². The van der Waals surface area contributed by atoms with Crippen LogP contribution < -0.4 is 4.74 Å². The van der Waals surface area contributed by atoms with E-state index in [1.54, 1.807) is 13.2 Å². The zero-order valence-electron chi connectivity index (χ0n) is 11.7.